The molecule has 23 heavy (non-hydrogen) atoms. The molecule has 0 aromatic heterocycles. The lowest BCUT2D eigenvalue weighted by Gasteiger charge is -2.23. The highest BCUT2D eigenvalue weighted by Gasteiger charge is 2.16. The van der Waals surface area contributed by atoms with Crippen molar-refractivity contribution in [2.75, 3.05) is 33.3 Å². The van der Waals surface area contributed by atoms with Crippen molar-refractivity contribution >= 4 is 18.3 Å². The number of carbonyl (C=O) groups excluding carboxylic acids is 1. The van der Waals surface area contributed by atoms with Gasteiger partial charge in [0.25, 0.3) is 0 Å². The SMILES string of the molecule is Cc1cccc(OCCN(C)C(=O)CCC2CCNCC2)c1.Cl. The van der Waals surface area contributed by atoms with Gasteiger partial charge in [0.05, 0.1) is 6.54 Å². The molecule has 2 rings (SSSR count). The number of hydrogen-bond acceptors (Lipinski definition) is 3. The number of aryl methyl sites for hydroxylation is 1. The molecule has 0 saturated carbocycles. The van der Waals surface area contributed by atoms with Crippen molar-refractivity contribution in [1.29, 1.82) is 0 Å². The third kappa shape index (κ3) is 7.23. The van der Waals surface area contributed by atoms with Crippen LogP contribution in [0.15, 0.2) is 24.3 Å². The number of nitrogens with one attached hydrogen (secondary N) is 1. The van der Waals surface area contributed by atoms with Gasteiger partial charge in [-0.2, -0.15) is 0 Å². The Morgan fingerprint density at radius 1 is 1.35 bits per heavy atom. The summed E-state index contributed by atoms with van der Waals surface area (Å²) >= 11 is 0. The van der Waals surface area contributed by atoms with Gasteiger partial charge in [0.1, 0.15) is 12.4 Å². The summed E-state index contributed by atoms with van der Waals surface area (Å²) in [6.07, 6.45) is 4.08. The van der Waals surface area contributed by atoms with Gasteiger partial charge in [0, 0.05) is 13.5 Å². The van der Waals surface area contributed by atoms with Crippen LogP contribution in [0.25, 0.3) is 0 Å². The predicted molar refractivity (Wildman–Crippen MR) is 96.4 cm³/mol. The fourth-order valence-electron chi connectivity index (χ4n) is 2.82. The van der Waals surface area contributed by atoms with Crippen LogP contribution in [-0.4, -0.2) is 44.1 Å². The van der Waals surface area contributed by atoms with Gasteiger partial charge >= 0.3 is 0 Å². The molecular formula is C18H29ClN2O2. The van der Waals surface area contributed by atoms with Gasteiger partial charge in [-0.3, -0.25) is 4.79 Å². The van der Waals surface area contributed by atoms with Crippen molar-refractivity contribution in [1.82, 2.24) is 10.2 Å². The first-order valence-electron chi connectivity index (χ1n) is 8.29. The maximum atomic E-state index is 12.1. The van der Waals surface area contributed by atoms with E-state index in [0.717, 1.165) is 25.3 Å². The van der Waals surface area contributed by atoms with Crippen molar-refractivity contribution in [3.8, 4) is 5.75 Å². The number of ether oxygens (including phenoxy) is 1. The third-order valence-electron chi connectivity index (χ3n) is 4.34. The van der Waals surface area contributed by atoms with Crippen LogP contribution in [0.2, 0.25) is 0 Å². The number of amides is 1. The van der Waals surface area contributed by atoms with Crippen LogP contribution in [0.4, 0.5) is 0 Å². The molecule has 1 amide bonds. The quantitative estimate of drug-likeness (QED) is 0.829. The highest BCUT2D eigenvalue weighted by molar-refractivity contribution is 5.85. The third-order valence-corrected chi connectivity index (χ3v) is 4.34. The Kier molecular flexibility index (Phi) is 9.03. The summed E-state index contributed by atoms with van der Waals surface area (Å²) in [6, 6.07) is 7.99. The lowest BCUT2D eigenvalue weighted by atomic mass is 9.93. The maximum absolute atomic E-state index is 12.1. The number of benzene rings is 1. The van der Waals surface area contributed by atoms with E-state index in [1.54, 1.807) is 4.90 Å². The van der Waals surface area contributed by atoms with Gasteiger partial charge in [-0.05, 0) is 62.9 Å². The molecule has 1 aromatic carbocycles. The Balaban J connectivity index is 0.00000264. The lowest BCUT2D eigenvalue weighted by molar-refractivity contribution is -0.130. The van der Waals surface area contributed by atoms with E-state index in [9.17, 15) is 4.79 Å². The second-order valence-corrected chi connectivity index (χ2v) is 6.21. The number of hydrogen-bond donors (Lipinski definition) is 1. The van der Waals surface area contributed by atoms with E-state index < -0.39 is 0 Å². The number of halogens is 1. The number of likely N-dealkylation sites (N-methyl/N-ethyl adjacent to an activating group) is 1. The molecule has 130 valence electrons. The molecule has 1 aliphatic heterocycles. The van der Waals surface area contributed by atoms with Crippen LogP contribution >= 0.6 is 12.4 Å². The first kappa shape index (κ1) is 19.8. The predicted octanol–water partition coefficient (Wildman–Crippen LogP) is 3.03. The number of carbonyl (C=O) groups is 1. The largest absolute Gasteiger partial charge is 0.492 e. The number of nitrogens with zero attached hydrogens (tertiary/aromatic N) is 1. The minimum absolute atomic E-state index is 0. The van der Waals surface area contributed by atoms with Crippen LogP contribution in [0, 0.1) is 12.8 Å². The van der Waals surface area contributed by atoms with Crippen LogP contribution in [-0.2, 0) is 4.79 Å². The van der Waals surface area contributed by atoms with Crippen LogP contribution < -0.4 is 10.1 Å². The van der Waals surface area contributed by atoms with E-state index in [4.69, 9.17) is 4.74 Å². The number of piperidine rings is 1. The Hall–Kier alpha value is -1.26. The van der Waals surface area contributed by atoms with E-state index in [-0.39, 0.29) is 18.3 Å². The number of rotatable bonds is 7. The van der Waals surface area contributed by atoms with Crippen molar-refractivity contribution < 1.29 is 9.53 Å². The van der Waals surface area contributed by atoms with Gasteiger partial charge in [-0.1, -0.05) is 12.1 Å². The normalized spacial score (nSPS) is 14.9. The molecule has 0 spiro atoms. The summed E-state index contributed by atoms with van der Waals surface area (Å²) in [5, 5.41) is 3.36. The molecule has 1 N–H and O–H groups in total. The zero-order valence-electron chi connectivity index (χ0n) is 14.2. The molecule has 0 atom stereocenters. The first-order chi connectivity index (χ1) is 10.6. The topological polar surface area (TPSA) is 41.6 Å². The highest BCUT2D eigenvalue weighted by Crippen LogP contribution is 2.18. The fraction of sp³-hybridized carbons (Fsp3) is 0.611. The Bertz CT molecular complexity index is 476. The first-order valence-corrected chi connectivity index (χ1v) is 8.29. The van der Waals surface area contributed by atoms with Gasteiger partial charge in [0.2, 0.25) is 5.91 Å². The molecule has 4 nitrogen and oxygen atoms in total. The lowest BCUT2D eigenvalue weighted by Crippen LogP contribution is -2.32. The van der Waals surface area contributed by atoms with Crippen LogP contribution in [0.3, 0.4) is 0 Å². The van der Waals surface area contributed by atoms with Gasteiger partial charge in [-0.15, -0.1) is 12.4 Å². The van der Waals surface area contributed by atoms with E-state index in [0.29, 0.717) is 25.5 Å². The van der Waals surface area contributed by atoms with Gasteiger partial charge in [0.15, 0.2) is 0 Å². The molecule has 0 radical (unpaired) electrons. The molecule has 1 aromatic rings. The average Bonchev–Trinajstić information content (AvgIpc) is 2.53. The zero-order valence-corrected chi connectivity index (χ0v) is 15.0. The standard InChI is InChI=1S/C18H28N2O2.ClH/c1-15-4-3-5-17(14-15)22-13-12-20(2)18(21)7-6-16-8-10-19-11-9-16;/h3-5,14,16,19H,6-13H2,1-2H3;1H. The van der Waals surface area contributed by atoms with Crippen molar-refractivity contribution in [2.24, 2.45) is 5.92 Å². The monoisotopic (exact) mass is 340 g/mol. The van der Waals surface area contributed by atoms with Crippen LogP contribution in [0.1, 0.15) is 31.2 Å². The Morgan fingerprint density at radius 2 is 2.09 bits per heavy atom. The van der Waals surface area contributed by atoms with Crippen molar-refractivity contribution in [2.45, 2.75) is 32.6 Å². The Labute approximate surface area is 146 Å². The molecule has 0 bridgehead atoms. The fourth-order valence-corrected chi connectivity index (χ4v) is 2.82. The minimum atomic E-state index is 0. The minimum Gasteiger partial charge on any atom is -0.492 e. The van der Waals surface area contributed by atoms with E-state index in [1.165, 1.54) is 18.4 Å². The molecular weight excluding hydrogens is 312 g/mol. The van der Waals surface area contributed by atoms with Gasteiger partial charge in [-0.25, -0.2) is 0 Å². The molecule has 1 saturated heterocycles. The second-order valence-electron chi connectivity index (χ2n) is 6.21. The molecule has 0 aliphatic carbocycles. The summed E-state index contributed by atoms with van der Waals surface area (Å²) in [4.78, 5) is 13.9. The summed E-state index contributed by atoms with van der Waals surface area (Å²) in [6.45, 7) is 5.42. The van der Waals surface area contributed by atoms with Gasteiger partial charge < -0.3 is 15.0 Å². The van der Waals surface area contributed by atoms with Crippen LogP contribution in [0.5, 0.6) is 5.75 Å². The molecule has 1 aliphatic rings. The summed E-state index contributed by atoms with van der Waals surface area (Å²) < 4.78 is 5.70. The zero-order chi connectivity index (χ0) is 15.8. The Morgan fingerprint density at radius 3 is 2.78 bits per heavy atom. The molecule has 1 heterocycles. The van der Waals surface area contributed by atoms with E-state index in [1.807, 2.05) is 38.2 Å². The smallest absolute Gasteiger partial charge is 0.222 e. The summed E-state index contributed by atoms with van der Waals surface area (Å²) in [5.74, 6) is 1.81. The molecule has 5 heteroatoms. The van der Waals surface area contributed by atoms with E-state index >= 15 is 0 Å². The van der Waals surface area contributed by atoms with Crippen molar-refractivity contribution in [3.63, 3.8) is 0 Å². The second kappa shape index (κ2) is 10.5. The molecule has 1 fully saturated rings. The summed E-state index contributed by atoms with van der Waals surface area (Å²) in [5.41, 5.74) is 1.18. The average molecular weight is 341 g/mol. The summed E-state index contributed by atoms with van der Waals surface area (Å²) in [7, 11) is 1.87. The highest BCUT2D eigenvalue weighted by atomic mass is 35.5. The van der Waals surface area contributed by atoms with E-state index in [2.05, 4.69) is 5.32 Å². The van der Waals surface area contributed by atoms with Crippen molar-refractivity contribution in [3.05, 3.63) is 29.8 Å². The maximum Gasteiger partial charge on any atom is 0.222 e. The molecule has 0 unspecified atom stereocenters.